The molecular formula is C18H14ClNO3. The molecule has 5 heteroatoms. The van der Waals surface area contributed by atoms with Crippen molar-refractivity contribution in [3.05, 3.63) is 69.9 Å². The van der Waals surface area contributed by atoms with E-state index in [2.05, 4.69) is 4.99 Å². The standard InChI is InChI=1S/C18H14ClNO3/c1-11-8-12(6-7-16(11)22-2)9-15-18(21)23-17(20-15)13-4-3-5-14(19)10-13/h3-10H,1-2H3/b15-9+. The van der Waals surface area contributed by atoms with Crippen molar-refractivity contribution in [2.24, 2.45) is 4.99 Å². The summed E-state index contributed by atoms with van der Waals surface area (Å²) in [6.07, 6.45) is 1.69. The summed E-state index contributed by atoms with van der Waals surface area (Å²) < 4.78 is 10.4. The summed E-state index contributed by atoms with van der Waals surface area (Å²) >= 11 is 5.95. The number of hydrogen-bond donors (Lipinski definition) is 0. The van der Waals surface area contributed by atoms with E-state index < -0.39 is 5.97 Å². The minimum absolute atomic E-state index is 0.254. The largest absolute Gasteiger partial charge is 0.496 e. The zero-order valence-corrected chi connectivity index (χ0v) is 13.4. The van der Waals surface area contributed by atoms with Crippen molar-refractivity contribution < 1.29 is 14.3 Å². The highest BCUT2D eigenvalue weighted by molar-refractivity contribution is 6.31. The highest BCUT2D eigenvalue weighted by Crippen LogP contribution is 2.23. The topological polar surface area (TPSA) is 47.9 Å². The zero-order valence-electron chi connectivity index (χ0n) is 12.7. The van der Waals surface area contributed by atoms with Crippen LogP contribution in [0.2, 0.25) is 5.02 Å². The third kappa shape index (κ3) is 3.27. The summed E-state index contributed by atoms with van der Waals surface area (Å²) in [4.78, 5) is 16.3. The fourth-order valence-electron chi connectivity index (χ4n) is 2.30. The molecule has 0 unspecified atom stereocenters. The molecule has 23 heavy (non-hydrogen) atoms. The molecule has 0 atom stereocenters. The van der Waals surface area contributed by atoms with Crippen molar-refractivity contribution in [1.82, 2.24) is 0 Å². The first kappa shape index (κ1) is 15.3. The average Bonchev–Trinajstić information content (AvgIpc) is 2.89. The number of halogens is 1. The van der Waals surface area contributed by atoms with E-state index in [0.717, 1.165) is 16.9 Å². The number of ether oxygens (including phenoxy) is 2. The van der Waals surface area contributed by atoms with Gasteiger partial charge in [0.15, 0.2) is 5.70 Å². The molecule has 1 aliphatic rings. The van der Waals surface area contributed by atoms with Gasteiger partial charge in [0.05, 0.1) is 7.11 Å². The van der Waals surface area contributed by atoms with E-state index >= 15 is 0 Å². The van der Waals surface area contributed by atoms with Crippen molar-refractivity contribution in [3.63, 3.8) is 0 Å². The van der Waals surface area contributed by atoms with Crippen molar-refractivity contribution in [3.8, 4) is 5.75 Å². The van der Waals surface area contributed by atoms with Crippen molar-refractivity contribution in [2.45, 2.75) is 6.92 Å². The summed E-state index contributed by atoms with van der Waals surface area (Å²) in [7, 11) is 1.62. The van der Waals surface area contributed by atoms with E-state index in [1.54, 1.807) is 37.5 Å². The predicted octanol–water partition coefficient (Wildman–Crippen LogP) is 4.00. The van der Waals surface area contributed by atoms with Gasteiger partial charge in [-0.2, -0.15) is 0 Å². The second kappa shape index (κ2) is 6.26. The minimum atomic E-state index is -0.478. The van der Waals surface area contributed by atoms with Crippen LogP contribution in [-0.4, -0.2) is 19.0 Å². The molecule has 1 aliphatic heterocycles. The quantitative estimate of drug-likeness (QED) is 0.632. The highest BCUT2D eigenvalue weighted by atomic mass is 35.5. The number of carbonyl (C=O) groups excluding carboxylic acids is 1. The van der Waals surface area contributed by atoms with Crippen LogP contribution in [-0.2, 0) is 9.53 Å². The molecule has 1 heterocycles. The molecule has 0 radical (unpaired) electrons. The Labute approximate surface area is 139 Å². The Morgan fingerprint density at radius 2 is 2.04 bits per heavy atom. The maximum absolute atomic E-state index is 12.0. The molecule has 0 amide bonds. The predicted molar refractivity (Wildman–Crippen MR) is 89.8 cm³/mol. The van der Waals surface area contributed by atoms with Gasteiger partial charge in [-0.25, -0.2) is 9.79 Å². The van der Waals surface area contributed by atoms with Gasteiger partial charge in [-0.1, -0.05) is 23.7 Å². The van der Waals surface area contributed by atoms with Gasteiger partial charge in [0.1, 0.15) is 5.75 Å². The lowest BCUT2D eigenvalue weighted by Crippen LogP contribution is -2.05. The molecule has 4 nitrogen and oxygen atoms in total. The van der Waals surface area contributed by atoms with Crippen LogP contribution in [0.15, 0.2) is 53.2 Å². The van der Waals surface area contributed by atoms with E-state index in [-0.39, 0.29) is 11.6 Å². The van der Waals surface area contributed by atoms with Crippen molar-refractivity contribution in [2.75, 3.05) is 7.11 Å². The molecule has 0 fully saturated rings. The molecule has 2 aromatic rings. The van der Waals surface area contributed by atoms with Gasteiger partial charge in [-0.3, -0.25) is 0 Å². The zero-order chi connectivity index (χ0) is 16.4. The highest BCUT2D eigenvalue weighted by Gasteiger charge is 2.24. The Kier molecular flexibility index (Phi) is 4.17. The van der Waals surface area contributed by atoms with E-state index in [9.17, 15) is 4.79 Å². The second-order valence-electron chi connectivity index (χ2n) is 5.08. The lowest BCUT2D eigenvalue weighted by molar-refractivity contribution is -0.129. The molecule has 116 valence electrons. The number of aliphatic imine (C=N–C) groups is 1. The minimum Gasteiger partial charge on any atom is -0.496 e. The maximum atomic E-state index is 12.0. The number of cyclic esters (lactones) is 1. The monoisotopic (exact) mass is 327 g/mol. The van der Waals surface area contributed by atoms with Crippen LogP contribution < -0.4 is 4.74 Å². The van der Waals surface area contributed by atoms with Gasteiger partial charge >= 0.3 is 5.97 Å². The van der Waals surface area contributed by atoms with E-state index in [1.807, 2.05) is 25.1 Å². The van der Waals surface area contributed by atoms with Gasteiger partial charge in [-0.05, 0) is 54.5 Å². The number of nitrogens with zero attached hydrogens (tertiary/aromatic N) is 1. The van der Waals surface area contributed by atoms with E-state index in [1.165, 1.54) is 0 Å². The van der Waals surface area contributed by atoms with Gasteiger partial charge in [-0.15, -0.1) is 0 Å². The Morgan fingerprint density at radius 3 is 2.74 bits per heavy atom. The smallest absolute Gasteiger partial charge is 0.363 e. The molecule has 0 aromatic heterocycles. The van der Waals surface area contributed by atoms with E-state index in [0.29, 0.717) is 10.6 Å². The number of hydrogen-bond acceptors (Lipinski definition) is 4. The Hall–Kier alpha value is -2.59. The number of esters is 1. The van der Waals surface area contributed by atoms with E-state index in [4.69, 9.17) is 21.1 Å². The fourth-order valence-corrected chi connectivity index (χ4v) is 2.49. The lowest BCUT2D eigenvalue weighted by atomic mass is 10.1. The van der Waals surface area contributed by atoms with Crippen LogP contribution in [0.4, 0.5) is 0 Å². The summed E-state index contributed by atoms with van der Waals surface area (Å²) in [6, 6.07) is 12.7. The van der Waals surface area contributed by atoms with Gasteiger partial charge in [0.2, 0.25) is 5.90 Å². The Balaban J connectivity index is 1.93. The lowest BCUT2D eigenvalue weighted by Gasteiger charge is -2.04. The number of carbonyl (C=O) groups is 1. The van der Waals surface area contributed by atoms with Gasteiger partial charge in [0, 0.05) is 10.6 Å². The van der Waals surface area contributed by atoms with Crippen LogP contribution >= 0.6 is 11.6 Å². The van der Waals surface area contributed by atoms with Crippen LogP contribution in [0.5, 0.6) is 5.75 Å². The third-order valence-electron chi connectivity index (χ3n) is 3.41. The summed E-state index contributed by atoms with van der Waals surface area (Å²) in [5, 5.41) is 0.560. The number of methoxy groups -OCH3 is 1. The summed E-state index contributed by atoms with van der Waals surface area (Å²) in [5.74, 6) is 0.576. The first-order valence-corrected chi connectivity index (χ1v) is 7.38. The first-order valence-electron chi connectivity index (χ1n) is 7.00. The van der Waals surface area contributed by atoms with Crippen molar-refractivity contribution >= 4 is 29.5 Å². The summed E-state index contributed by atoms with van der Waals surface area (Å²) in [6.45, 7) is 1.94. The molecular weight excluding hydrogens is 314 g/mol. The Bertz CT molecular complexity index is 840. The molecule has 2 aromatic carbocycles. The van der Waals surface area contributed by atoms with Gasteiger partial charge < -0.3 is 9.47 Å². The molecule has 0 bridgehead atoms. The maximum Gasteiger partial charge on any atom is 0.363 e. The fraction of sp³-hybridized carbons (Fsp3) is 0.111. The molecule has 0 saturated heterocycles. The van der Waals surface area contributed by atoms with Crippen molar-refractivity contribution in [1.29, 1.82) is 0 Å². The van der Waals surface area contributed by atoms with Crippen LogP contribution in [0, 0.1) is 6.92 Å². The summed E-state index contributed by atoms with van der Waals surface area (Å²) in [5.41, 5.74) is 2.75. The number of aryl methyl sites for hydroxylation is 1. The normalized spacial score (nSPS) is 15.5. The van der Waals surface area contributed by atoms with Crippen LogP contribution in [0.3, 0.4) is 0 Å². The second-order valence-corrected chi connectivity index (χ2v) is 5.51. The molecule has 0 saturated carbocycles. The average molecular weight is 328 g/mol. The molecule has 0 aliphatic carbocycles. The van der Waals surface area contributed by atoms with Crippen LogP contribution in [0.1, 0.15) is 16.7 Å². The first-order chi connectivity index (χ1) is 11.1. The Morgan fingerprint density at radius 1 is 1.22 bits per heavy atom. The molecule has 0 spiro atoms. The molecule has 3 rings (SSSR count). The molecule has 0 N–H and O–H groups in total. The third-order valence-corrected chi connectivity index (χ3v) is 3.65. The number of benzene rings is 2. The SMILES string of the molecule is COc1ccc(/C=C2/N=C(c3cccc(Cl)c3)OC2=O)cc1C. The van der Waals surface area contributed by atoms with Crippen LogP contribution in [0.25, 0.3) is 6.08 Å². The number of rotatable bonds is 3. The van der Waals surface area contributed by atoms with Gasteiger partial charge in [0.25, 0.3) is 0 Å².